The molecule has 0 aromatic heterocycles. The number of unbranched alkanes of at least 4 members (excludes halogenated alkanes) is 2. The van der Waals surface area contributed by atoms with Crippen LogP contribution in [0.2, 0.25) is 0 Å². The molecule has 3 nitrogen and oxygen atoms in total. The molecule has 1 atom stereocenters. The maximum absolute atomic E-state index is 16.9. The monoisotopic (exact) mass is 1060 g/mol. The second-order valence-corrected chi connectivity index (χ2v) is 23.1. The summed E-state index contributed by atoms with van der Waals surface area (Å²) in [5.41, 5.74) is 12.5. The summed E-state index contributed by atoms with van der Waals surface area (Å²) in [5.74, 6) is 0.585. The molecule has 1 saturated heterocycles. The van der Waals surface area contributed by atoms with Crippen molar-refractivity contribution in [3.63, 3.8) is 0 Å². The van der Waals surface area contributed by atoms with Gasteiger partial charge in [-0.05, 0) is 149 Å². The van der Waals surface area contributed by atoms with Crippen molar-refractivity contribution in [1.29, 1.82) is 0 Å². The van der Waals surface area contributed by atoms with E-state index in [2.05, 4.69) is 127 Å². The van der Waals surface area contributed by atoms with E-state index >= 15 is 8.78 Å². The minimum Gasteiger partial charge on any atom is -0.472 e. The predicted molar refractivity (Wildman–Crippen MR) is 308 cm³/mol. The van der Waals surface area contributed by atoms with Gasteiger partial charge in [-0.15, -0.1) is 0 Å². The maximum Gasteiger partial charge on any atom is 0.193 e. The molecule has 4 aliphatic rings. The van der Waals surface area contributed by atoms with Crippen molar-refractivity contribution in [2.24, 2.45) is 5.92 Å². The van der Waals surface area contributed by atoms with Gasteiger partial charge >= 0.3 is 0 Å². The first kappa shape index (κ1) is 49.3. The van der Waals surface area contributed by atoms with E-state index in [4.69, 9.17) is 4.74 Å². The number of benzene rings is 8. The number of nitrogens with zero attached hydrogens (tertiary/aromatic N) is 1. The first-order valence-electron chi connectivity index (χ1n) is 27.5. The fourth-order valence-corrected chi connectivity index (χ4v) is 14.2. The van der Waals surface area contributed by atoms with Crippen LogP contribution in [0.25, 0.3) is 50.2 Å². The van der Waals surface area contributed by atoms with E-state index in [0.717, 1.165) is 90.7 Å². The van der Waals surface area contributed by atoms with Gasteiger partial charge in [0.2, 0.25) is 0 Å². The molecule has 378 valence electrons. The van der Waals surface area contributed by atoms with Crippen LogP contribution in [0.4, 0.5) is 14.5 Å². The molecule has 8 aromatic carbocycles. The molecule has 0 spiro atoms. The standard InChI is InChI=1S/C69H64BrF2NO2/c1-4-5-8-13-44-16-18-45(19-17-44)46-20-22-47(23-21-46)48-24-28-50(29-25-48)66(74)51-30-26-49(27-31-51)52-40-59-62-58-42-55(71)43-61(72)63(58)67-57(65(62)68(2,3)64(59)60(70)41-52)36-37-69(75-67,53-14-9-6-10-15-53)54-32-34-56(35-33-54)73-38-11-7-12-39-73/h6,9-10,14-15,20-37,40-45H,4-5,7-8,11-13,16-19,38-39H2,1-3H3. The lowest BCUT2D eigenvalue weighted by molar-refractivity contribution is 0.103. The molecule has 2 heterocycles. The Balaban J connectivity index is 0.837. The highest BCUT2D eigenvalue weighted by Gasteiger charge is 2.46. The van der Waals surface area contributed by atoms with Crippen LogP contribution in [0.15, 0.2) is 162 Å². The Morgan fingerprint density at radius 1 is 0.680 bits per heavy atom. The maximum atomic E-state index is 16.9. The van der Waals surface area contributed by atoms with E-state index in [1.807, 2.05) is 66.7 Å². The van der Waals surface area contributed by atoms with E-state index in [1.54, 1.807) is 0 Å². The fraction of sp³-hybridized carbons (Fsp3) is 0.290. The van der Waals surface area contributed by atoms with Crippen molar-refractivity contribution in [2.45, 2.75) is 108 Å². The zero-order chi connectivity index (χ0) is 51.4. The Labute approximate surface area is 449 Å². The van der Waals surface area contributed by atoms with Crippen LogP contribution in [0.1, 0.15) is 147 Å². The van der Waals surface area contributed by atoms with E-state index < -0.39 is 22.7 Å². The molecule has 0 radical (unpaired) electrons. The van der Waals surface area contributed by atoms with Crippen molar-refractivity contribution in [1.82, 2.24) is 0 Å². The van der Waals surface area contributed by atoms with Crippen molar-refractivity contribution in [3.05, 3.63) is 218 Å². The number of carbonyl (C=O) groups excluding carboxylic acids is 1. The van der Waals surface area contributed by atoms with Crippen LogP contribution in [0.5, 0.6) is 5.75 Å². The van der Waals surface area contributed by atoms with Crippen LogP contribution >= 0.6 is 15.9 Å². The summed E-state index contributed by atoms with van der Waals surface area (Å²) in [6, 6.07) is 50.2. The summed E-state index contributed by atoms with van der Waals surface area (Å²) in [4.78, 5) is 16.4. The third kappa shape index (κ3) is 8.95. The molecule has 0 amide bonds. The topological polar surface area (TPSA) is 29.5 Å². The van der Waals surface area contributed by atoms with Gasteiger partial charge in [-0.25, -0.2) is 8.78 Å². The van der Waals surface area contributed by atoms with Gasteiger partial charge in [0, 0.05) is 62.5 Å². The SMILES string of the molecule is CCCCCC1CCC(c2ccc(-c3ccc(C(=O)c4ccc(-c5cc(Br)c6c(c5)-c5c(c7c(c8c(F)cc(F)cc58)OC(c5ccccc5)(c5ccc(N8CCCCC8)cc5)C=C7)C6(C)C)cc4)cc3)cc2)CC1. The van der Waals surface area contributed by atoms with Gasteiger partial charge in [0.1, 0.15) is 17.4 Å². The second kappa shape index (κ2) is 20.1. The highest BCUT2D eigenvalue weighted by molar-refractivity contribution is 9.10. The lowest BCUT2D eigenvalue weighted by Crippen LogP contribution is -2.35. The van der Waals surface area contributed by atoms with E-state index in [-0.39, 0.29) is 11.2 Å². The fourth-order valence-electron chi connectivity index (χ4n) is 13.3. The summed E-state index contributed by atoms with van der Waals surface area (Å²) in [6.45, 7) is 8.72. The van der Waals surface area contributed by atoms with Crippen LogP contribution in [0.3, 0.4) is 0 Å². The number of piperidine rings is 1. The largest absolute Gasteiger partial charge is 0.472 e. The normalized spacial score (nSPS) is 19.6. The van der Waals surface area contributed by atoms with Gasteiger partial charge in [0.25, 0.3) is 0 Å². The number of rotatable bonds is 12. The first-order valence-corrected chi connectivity index (χ1v) is 28.3. The number of ketones is 1. The van der Waals surface area contributed by atoms with Gasteiger partial charge in [-0.1, -0.05) is 184 Å². The Morgan fingerprint density at radius 2 is 1.31 bits per heavy atom. The van der Waals surface area contributed by atoms with Gasteiger partial charge in [0.05, 0.1) is 5.39 Å². The molecule has 6 heteroatoms. The second-order valence-electron chi connectivity index (χ2n) is 22.3. The van der Waals surface area contributed by atoms with Crippen LogP contribution in [-0.4, -0.2) is 18.9 Å². The summed E-state index contributed by atoms with van der Waals surface area (Å²) in [6.07, 6.45) is 18.5. The lowest BCUT2D eigenvalue weighted by atomic mass is 9.76. The van der Waals surface area contributed by atoms with Crippen LogP contribution in [0, 0.1) is 17.6 Å². The van der Waals surface area contributed by atoms with Gasteiger partial charge < -0.3 is 9.64 Å². The van der Waals surface area contributed by atoms with E-state index in [9.17, 15) is 4.79 Å². The zero-order valence-corrected chi connectivity index (χ0v) is 44.9. The highest BCUT2D eigenvalue weighted by Crippen LogP contribution is 2.60. The summed E-state index contributed by atoms with van der Waals surface area (Å²) in [7, 11) is 0. The average molecular weight is 1060 g/mol. The predicted octanol–water partition coefficient (Wildman–Crippen LogP) is 18.9. The van der Waals surface area contributed by atoms with Crippen LogP contribution in [-0.2, 0) is 11.0 Å². The smallest absolute Gasteiger partial charge is 0.193 e. The molecule has 1 saturated carbocycles. The third-order valence-electron chi connectivity index (χ3n) is 17.3. The minimum absolute atomic E-state index is 0.0409. The molecule has 0 N–H and O–H groups in total. The van der Waals surface area contributed by atoms with Crippen molar-refractivity contribution in [2.75, 3.05) is 18.0 Å². The van der Waals surface area contributed by atoms with Crippen LogP contribution < -0.4 is 9.64 Å². The number of anilines is 1. The quantitative estimate of drug-likeness (QED) is 0.0902. The average Bonchev–Trinajstić information content (AvgIpc) is 3.76. The molecular weight excluding hydrogens is 993 g/mol. The van der Waals surface area contributed by atoms with E-state index in [0.29, 0.717) is 28.2 Å². The number of ether oxygens (including phenoxy) is 1. The summed E-state index contributed by atoms with van der Waals surface area (Å²) < 4.78 is 40.9. The van der Waals surface area contributed by atoms with Crippen molar-refractivity contribution in [3.8, 4) is 39.1 Å². The number of halogens is 3. The summed E-state index contributed by atoms with van der Waals surface area (Å²) in [5, 5.41) is 0.712. The van der Waals surface area contributed by atoms with E-state index in [1.165, 1.54) is 87.9 Å². The van der Waals surface area contributed by atoms with Gasteiger partial charge in [-0.2, -0.15) is 0 Å². The molecule has 0 bridgehead atoms. The number of hydrogen-bond acceptors (Lipinski definition) is 3. The molecule has 1 unspecified atom stereocenters. The Morgan fingerprint density at radius 3 is 1.96 bits per heavy atom. The molecule has 2 aliphatic carbocycles. The Kier molecular flexibility index (Phi) is 13.2. The minimum atomic E-state index is -1.09. The van der Waals surface area contributed by atoms with Gasteiger partial charge in [0.15, 0.2) is 11.4 Å². The molecule has 75 heavy (non-hydrogen) atoms. The van der Waals surface area contributed by atoms with Crippen molar-refractivity contribution >= 4 is 44.2 Å². The highest BCUT2D eigenvalue weighted by atomic mass is 79.9. The Hall–Kier alpha value is -6.63. The molecule has 2 aliphatic heterocycles. The van der Waals surface area contributed by atoms with Gasteiger partial charge in [-0.3, -0.25) is 4.79 Å². The lowest BCUT2D eigenvalue weighted by Gasteiger charge is -2.39. The molecule has 2 fully saturated rings. The number of hydrogen-bond donors (Lipinski definition) is 0. The zero-order valence-electron chi connectivity index (χ0n) is 43.3. The summed E-state index contributed by atoms with van der Waals surface area (Å²) >= 11 is 4.00. The molecule has 8 aromatic rings. The number of carbonyl (C=O) groups is 1. The van der Waals surface area contributed by atoms with Crippen molar-refractivity contribution < 1.29 is 18.3 Å². The first-order chi connectivity index (χ1) is 36.5. The number of fused-ring (bicyclic) bond motifs is 8. The molecule has 12 rings (SSSR count). The molecular formula is C69H64BrF2NO2. The Bertz CT molecular complexity index is 3460. The third-order valence-corrected chi connectivity index (χ3v) is 17.9.